The van der Waals surface area contributed by atoms with E-state index in [1.807, 2.05) is 48.0 Å². The molecule has 0 aliphatic heterocycles. The Morgan fingerprint density at radius 1 is 1.06 bits per heavy atom. The summed E-state index contributed by atoms with van der Waals surface area (Å²) in [6, 6.07) is 17.1. The molecule has 0 unspecified atom stereocenters. The van der Waals surface area contributed by atoms with Crippen molar-refractivity contribution < 1.29 is 14.0 Å². The smallest absolute Gasteiger partial charge is 0.322 e. The minimum atomic E-state index is -0.377. The maximum absolute atomic E-state index is 13.3. The van der Waals surface area contributed by atoms with Crippen molar-refractivity contribution in [2.24, 2.45) is 0 Å². The summed E-state index contributed by atoms with van der Waals surface area (Å²) in [4.78, 5) is 31.4. The number of rotatable bonds is 10. The molecule has 33 heavy (non-hydrogen) atoms. The third kappa shape index (κ3) is 7.47. The first-order chi connectivity index (χ1) is 16.0. The van der Waals surface area contributed by atoms with Crippen LogP contribution in [-0.2, 0) is 17.9 Å². The zero-order valence-corrected chi connectivity index (χ0v) is 20.0. The van der Waals surface area contributed by atoms with Gasteiger partial charge in [-0.25, -0.2) is 9.18 Å². The zero-order valence-electron chi connectivity index (χ0n) is 18.4. The van der Waals surface area contributed by atoms with Gasteiger partial charge in [-0.2, -0.15) is 0 Å². The average Bonchev–Trinajstić information content (AvgIpc) is 3.33. The van der Waals surface area contributed by atoms with Crippen LogP contribution in [0.2, 0.25) is 0 Å². The third-order valence-electron chi connectivity index (χ3n) is 4.87. The Hall–Kier alpha value is -3.10. The average molecular weight is 484 g/mol. The monoisotopic (exact) mass is 483 g/mol. The van der Waals surface area contributed by atoms with Crippen molar-refractivity contribution in [3.8, 4) is 0 Å². The molecule has 0 saturated heterocycles. The molecular weight excluding hydrogens is 457 g/mol. The van der Waals surface area contributed by atoms with E-state index in [9.17, 15) is 14.0 Å². The first-order valence-electron chi connectivity index (χ1n) is 10.3. The molecule has 1 aromatic heterocycles. The minimum absolute atomic E-state index is 0.104. The number of carbonyl (C=O) groups is 2. The van der Waals surface area contributed by atoms with E-state index in [2.05, 4.69) is 11.9 Å². The fourth-order valence-electron chi connectivity index (χ4n) is 3.15. The summed E-state index contributed by atoms with van der Waals surface area (Å²) in [5.41, 5.74) is 1.47. The van der Waals surface area contributed by atoms with Gasteiger partial charge in [-0.05, 0) is 59.7 Å². The van der Waals surface area contributed by atoms with Crippen LogP contribution in [0.3, 0.4) is 0 Å². The van der Waals surface area contributed by atoms with Crippen molar-refractivity contribution >= 4 is 40.7 Å². The lowest BCUT2D eigenvalue weighted by atomic mass is 10.2. The molecule has 2 aromatic carbocycles. The van der Waals surface area contributed by atoms with Crippen molar-refractivity contribution in [2.45, 2.75) is 18.0 Å². The van der Waals surface area contributed by atoms with E-state index >= 15 is 0 Å². The molecule has 0 bridgehead atoms. The lowest BCUT2D eigenvalue weighted by Crippen LogP contribution is -2.44. The normalized spacial score (nSPS) is 10.5. The Labute approximate surface area is 201 Å². The number of hydrogen-bond donors (Lipinski definition) is 1. The molecule has 3 rings (SSSR count). The molecule has 0 saturated carbocycles. The lowest BCUT2D eigenvalue weighted by molar-refractivity contribution is -0.132. The second-order valence-electron chi connectivity index (χ2n) is 7.28. The third-order valence-corrected chi connectivity index (χ3v) is 6.48. The van der Waals surface area contributed by atoms with Gasteiger partial charge in [-0.3, -0.25) is 4.79 Å². The number of carbonyl (C=O) groups excluding carboxylic acids is 2. The molecule has 0 radical (unpaired) electrons. The Kier molecular flexibility index (Phi) is 9.09. The number of anilines is 1. The summed E-state index contributed by atoms with van der Waals surface area (Å²) in [5.74, 6) is -0.531. The standard InChI is InChI=1S/C25H26FN3O2S2/c1-3-14-28(25(31)27-21-10-12-22(32-2)13-11-21)18-24(30)29(17-23-5-4-15-33-23)16-19-6-8-20(26)9-7-19/h3-13,15H,1,14,16-18H2,2H3,(H,27,31). The molecule has 0 spiro atoms. The van der Waals surface area contributed by atoms with Gasteiger partial charge in [0, 0.05) is 28.5 Å². The number of benzene rings is 2. The Morgan fingerprint density at radius 2 is 1.79 bits per heavy atom. The zero-order chi connectivity index (χ0) is 23.6. The predicted molar refractivity (Wildman–Crippen MR) is 134 cm³/mol. The highest BCUT2D eigenvalue weighted by molar-refractivity contribution is 7.98. The molecule has 3 aromatic rings. The summed E-state index contributed by atoms with van der Waals surface area (Å²) in [5, 5.41) is 4.80. The van der Waals surface area contributed by atoms with Gasteiger partial charge in [0.25, 0.3) is 0 Å². The van der Waals surface area contributed by atoms with Gasteiger partial charge in [-0.1, -0.05) is 24.3 Å². The van der Waals surface area contributed by atoms with Crippen LogP contribution in [0.4, 0.5) is 14.9 Å². The van der Waals surface area contributed by atoms with Gasteiger partial charge in [0.15, 0.2) is 0 Å². The maximum atomic E-state index is 13.3. The van der Waals surface area contributed by atoms with Crippen LogP contribution in [0.5, 0.6) is 0 Å². The quantitative estimate of drug-likeness (QED) is 0.290. The number of nitrogens with zero attached hydrogens (tertiary/aromatic N) is 2. The number of urea groups is 1. The van der Waals surface area contributed by atoms with Crippen LogP contribution in [0.15, 0.2) is 83.6 Å². The molecule has 5 nitrogen and oxygen atoms in total. The summed E-state index contributed by atoms with van der Waals surface area (Å²) in [7, 11) is 0. The van der Waals surface area contributed by atoms with Crippen molar-refractivity contribution in [1.82, 2.24) is 9.80 Å². The van der Waals surface area contributed by atoms with E-state index in [-0.39, 0.29) is 30.8 Å². The molecule has 0 atom stereocenters. The molecule has 8 heteroatoms. The molecule has 0 fully saturated rings. The number of thioether (sulfide) groups is 1. The van der Waals surface area contributed by atoms with Gasteiger partial charge in [0.05, 0.1) is 6.54 Å². The van der Waals surface area contributed by atoms with Crippen molar-refractivity contribution in [3.63, 3.8) is 0 Å². The highest BCUT2D eigenvalue weighted by Gasteiger charge is 2.21. The van der Waals surface area contributed by atoms with Crippen molar-refractivity contribution in [2.75, 3.05) is 24.7 Å². The Morgan fingerprint density at radius 3 is 2.39 bits per heavy atom. The molecule has 172 valence electrons. The first-order valence-corrected chi connectivity index (χ1v) is 12.4. The van der Waals surface area contributed by atoms with Gasteiger partial charge in [0.2, 0.25) is 5.91 Å². The van der Waals surface area contributed by atoms with Crippen LogP contribution in [0.1, 0.15) is 10.4 Å². The van der Waals surface area contributed by atoms with Crippen molar-refractivity contribution in [3.05, 3.63) is 95.0 Å². The molecular formula is C25H26FN3O2S2. The second kappa shape index (κ2) is 12.2. The number of nitrogens with one attached hydrogen (secondary N) is 1. The summed E-state index contributed by atoms with van der Waals surface area (Å²) < 4.78 is 13.3. The summed E-state index contributed by atoms with van der Waals surface area (Å²) >= 11 is 3.18. The number of thiophene rings is 1. The highest BCUT2D eigenvalue weighted by atomic mass is 32.2. The predicted octanol–water partition coefficient (Wildman–Crippen LogP) is 5.86. The van der Waals surface area contributed by atoms with E-state index in [1.54, 1.807) is 46.2 Å². The van der Waals surface area contributed by atoms with Crippen molar-refractivity contribution in [1.29, 1.82) is 0 Å². The van der Waals surface area contributed by atoms with Crippen LogP contribution >= 0.6 is 23.1 Å². The van der Waals surface area contributed by atoms with Gasteiger partial charge >= 0.3 is 6.03 Å². The largest absolute Gasteiger partial charge is 0.332 e. The minimum Gasteiger partial charge on any atom is -0.332 e. The fraction of sp³-hybridized carbons (Fsp3) is 0.200. The van der Waals surface area contributed by atoms with Gasteiger partial charge in [0.1, 0.15) is 12.4 Å². The molecule has 3 amide bonds. The van der Waals surface area contributed by atoms with Crippen LogP contribution in [0.25, 0.3) is 0 Å². The van der Waals surface area contributed by atoms with E-state index in [1.165, 1.54) is 17.0 Å². The number of amides is 3. The van der Waals surface area contributed by atoms with Crippen LogP contribution < -0.4 is 5.32 Å². The topological polar surface area (TPSA) is 52.7 Å². The number of hydrogen-bond acceptors (Lipinski definition) is 4. The first kappa shape index (κ1) is 24.5. The summed E-state index contributed by atoms with van der Waals surface area (Å²) in [6.45, 7) is 4.57. The number of halogens is 1. The fourth-order valence-corrected chi connectivity index (χ4v) is 4.28. The molecule has 1 heterocycles. The summed E-state index contributed by atoms with van der Waals surface area (Å²) in [6.07, 6.45) is 3.58. The Bertz CT molecular complexity index is 1050. The van der Waals surface area contributed by atoms with E-state index in [4.69, 9.17) is 0 Å². The van der Waals surface area contributed by atoms with Gasteiger partial charge < -0.3 is 15.1 Å². The van der Waals surface area contributed by atoms with E-state index in [0.717, 1.165) is 15.3 Å². The van der Waals surface area contributed by atoms with Gasteiger partial charge in [-0.15, -0.1) is 29.7 Å². The van der Waals surface area contributed by atoms with E-state index < -0.39 is 0 Å². The SMILES string of the molecule is C=CCN(CC(=O)N(Cc1ccc(F)cc1)Cc1cccs1)C(=O)Nc1ccc(SC)cc1. The maximum Gasteiger partial charge on any atom is 0.322 e. The van der Waals surface area contributed by atoms with Crippen LogP contribution in [-0.4, -0.2) is 41.1 Å². The van der Waals surface area contributed by atoms with E-state index in [0.29, 0.717) is 18.8 Å². The highest BCUT2D eigenvalue weighted by Crippen LogP contribution is 2.18. The molecule has 1 N–H and O–H groups in total. The second-order valence-corrected chi connectivity index (χ2v) is 9.20. The molecule has 0 aliphatic rings. The lowest BCUT2D eigenvalue weighted by Gasteiger charge is -2.27. The molecule has 0 aliphatic carbocycles. The van der Waals surface area contributed by atoms with Crippen LogP contribution in [0, 0.1) is 5.82 Å². The Balaban J connectivity index is 1.72.